The summed E-state index contributed by atoms with van der Waals surface area (Å²) in [5, 5.41) is 20.4. The molecule has 7 nitrogen and oxygen atoms in total. The Kier molecular flexibility index (Phi) is 8.73. The Hall–Kier alpha value is -2.16. The number of hydrogen-bond acceptors (Lipinski definition) is 5. The van der Waals surface area contributed by atoms with E-state index in [1.807, 2.05) is 13.0 Å². The highest BCUT2D eigenvalue weighted by molar-refractivity contribution is 6.30. The Bertz CT molecular complexity index is 972. The highest BCUT2D eigenvalue weighted by Crippen LogP contribution is 2.44. The van der Waals surface area contributed by atoms with Gasteiger partial charge in [-0.2, -0.15) is 0 Å². The summed E-state index contributed by atoms with van der Waals surface area (Å²) in [6.07, 6.45) is -2.10. The summed E-state index contributed by atoms with van der Waals surface area (Å²) in [4.78, 5) is 27.6. The highest BCUT2D eigenvalue weighted by Gasteiger charge is 2.48. The summed E-state index contributed by atoms with van der Waals surface area (Å²) in [6, 6.07) is 12.4. The van der Waals surface area contributed by atoms with Crippen molar-refractivity contribution in [2.45, 2.75) is 56.6 Å². The van der Waals surface area contributed by atoms with E-state index in [1.54, 1.807) is 42.5 Å². The standard InChI is InChI=1S/C24H28Cl2N2O5/c1-2-4-19(23(27)31)28-21(14-7-9-16(25)10-8-14)22(15-5-3-6-17(26)11-15)33-20(24(28)32)12-18(30)13-29/h3,5-11,18-22,29-30H,2,4,12-13H2,1H3,(H2,27,31)/t18-,19-,20+,21-,22+/m1/s1. The van der Waals surface area contributed by atoms with E-state index in [9.17, 15) is 19.8 Å². The van der Waals surface area contributed by atoms with Gasteiger partial charge in [0.05, 0.1) is 18.8 Å². The second-order valence-electron chi connectivity index (χ2n) is 8.12. The van der Waals surface area contributed by atoms with E-state index in [2.05, 4.69) is 0 Å². The van der Waals surface area contributed by atoms with Gasteiger partial charge in [0.2, 0.25) is 5.91 Å². The molecule has 0 radical (unpaired) electrons. The zero-order chi connectivity index (χ0) is 24.1. The van der Waals surface area contributed by atoms with Crippen LogP contribution in [0.2, 0.25) is 10.0 Å². The number of halogens is 2. The molecule has 0 spiro atoms. The number of morpholine rings is 1. The van der Waals surface area contributed by atoms with Crippen LogP contribution in [0.25, 0.3) is 0 Å². The topological polar surface area (TPSA) is 113 Å². The third-order valence-electron chi connectivity index (χ3n) is 5.74. The number of rotatable bonds is 9. The van der Waals surface area contributed by atoms with Crippen LogP contribution in [0.15, 0.2) is 48.5 Å². The molecule has 1 aliphatic rings. The van der Waals surface area contributed by atoms with Gasteiger partial charge >= 0.3 is 0 Å². The van der Waals surface area contributed by atoms with Crippen molar-refractivity contribution in [1.29, 1.82) is 0 Å². The van der Waals surface area contributed by atoms with Crippen LogP contribution in [0.4, 0.5) is 0 Å². The number of amides is 2. The minimum absolute atomic E-state index is 0.131. The largest absolute Gasteiger partial charge is 0.394 e. The van der Waals surface area contributed by atoms with Crippen LogP contribution in [-0.2, 0) is 14.3 Å². The molecule has 33 heavy (non-hydrogen) atoms. The first-order chi connectivity index (χ1) is 15.8. The van der Waals surface area contributed by atoms with Crippen LogP contribution in [0.1, 0.15) is 49.5 Å². The number of aliphatic hydroxyl groups is 2. The molecule has 0 aromatic heterocycles. The maximum atomic E-state index is 13.6. The zero-order valence-corrected chi connectivity index (χ0v) is 19.7. The van der Waals surface area contributed by atoms with Crippen LogP contribution in [0, 0.1) is 0 Å². The fourth-order valence-corrected chi connectivity index (χ4v) is 4.54. The second-order valence-corrected chi connectivity index (χ2v) is 8.99. The number of ether oxygens (including phenoxy) is 1. The normalized spacial score (nSPS) is 22.8. The maximum Gasteiger partial charge on any atom is 0.253 e. The lowest BCUT2D eigenvalue weighted by molar-refractivity contribution is -0.185. The number of aliphatic hydroxyl groups excluding tert-OH is 2. The molecule has 178 valence electrons. The van der Waals surface area contributed by atoms with Crippen LogP contribution in [-0.4, -0.2) is 51.8 Å². The van der Waals surface area contributed by atoms with Gasteiger partial charge < -0.3 is 25.6 Å². The molecular weight excluding hydrogens is 467 g/mol. The smallest absolute Gasteiger partial charge is 0.253 e. The van der Waals surface area contributed by atoms with Crippen molar-refractivity contribution in [3.8, 4) is 0 Å². The highest BCUT2D eigenvalue weighted by atomic mass is 35.5. The Morgan fingerprint density at radius 3 is 2.42 bits per heavy atom. The first-order valence-corrected chi connectivity index (χ1v) is 11.6. The maximum absolute atomic E-state index is 13.6. The molecule has 2 amide bonds. The molecule has 2 aromatic carbocycles. The molecule has 0 bridgehead atoms. The van der Waals surface area contributed by atoms with E-state index < -0.39 is 48.8 Å². The summed E-state index contributed by atoms with van der Waals surface area (Å²) >= 11 is 12.3. The minimum Gasteiger partial charge on any atom is -0.394 e. The Morgan fingerprint density at radius 2 is 1.85 bits per heavy atom. The monoisotopic (exact) mass is 494 g/mol. The second kappa shape index (κ2) is 11.3. The van der Waals surface area contributed by atoms with Gasteiger partial charge in [-0.05, 0) is 41.8 Å². The van der Waals surface area contributed by atoms with Gasteiger partial charge in [0.1, 0.15) is 18.2 Å². The molecule has 4 N–H and O–H groups in total. The van der Waals surface area contributed by atoms with Crippen LogP contribution < -0.4 is 5.73 Å². The van der Waals surface area contributed by atoms with Crippen molar-refractivity contribution < 1.29 is 24.5 Å². The fourth-order valence-electron chi connectivity index (χ4n) is 4.22. The van der Waals surface area contributed by atoms with E-state index in [-0.39, 0.29) is 6.42 Å². The van der Waals surface area contributed by atoms with Crippen LogP contribution in [0.3, 0.4) is 0 Å². The lowest BCUT2D eigenvalue weighted by atomic mass is 9.88. The third kappa shape index (κ3) is 5.86. The number of carbonyl (C=O) groups is 2. The number of nitrogens with zero attached hydrogens (tertiary/aromatic N) is 1. The number of carbonyl (C=O) groups excluding carboxylic acids is 2. The van der Waals surface area contributed by atoms with Gasteiger partial charge in [0, 0.05) is 16.5 Å². The molecule has 0 unspecified atom stereocenters. The lowest BCUT2D eigenvalue weighted by Gasteiger charge is -2.47. The Labute approximate surface area is 203 Å². The van der Waals surface area contributed by atoms with Crippen molar-refractivity contribution in [2.24, 2.45) is 5.73 Å². The summed E-state index contributed by atoms with van der Waals surface area (Å²) < 4.78 is 6.24. The van der Waals surface area contributed by atoms with Crippen molar-refractivity contribution >= 4 is 35.0 Å². The molecule has 0 aliphatic carbocycles. The zero-order valence-electron chi connectivity index (χ0n) is 18.2. The minimum atomic E-state index is -1.16. The average molecular weight is 495 g/mol. The first-order valence-electron chi connectivity index (χ1n) is 10.8. The van der Waals surface area contributed by atoms with Gasteiger partial charge in [-0.3, -0.25) is 9.59 Å². The molecule has 1 heterocycles. The summed E-state index contributed by atoms with van der Waals surface area (Å²) in [6.45, 7) is 1.38. The first kappa shape index (κ1) is 25.5. The average Bonchev–Trinajstić information content (AvgIpc) is 2.79. The third-order valence-corrected chi connectivity index (χ3v) is 6.23. The molecule has 2 aromatic rings. The lowest BCUT2D eigenvalue weighted by Crippen LogP contribution is -2.58. The van der Waals surface area contributed by atoms with Gasteiger partial charge in [0.25, 0.3) is 5.91 Å². The van der Waals surface area contributed by atoms with Crippen LogP contribution >= 0.6 is 23.2 Å². The number of benzene rings is 2. The summed E-state index contributed by atoms with van der Waals surface area (Å²) in [5.74, 6) is -1.10. The van der Waals surface area contributed by atoms with E-state index in [1.165, 1.54) is 4.90 Å². The number of hydrogen-bond donors (Lipinski definition) is 3. The molecule has 1 aliphatic heterocycles. The van der Waals surface area contributed by atoms with E-state index >= 15 is 0 Å². The quantitative estimate of drug-likeness (QED) is 0.494. The molecule has 9 heteroatoms. The molecular formula is C24H28Cl2N2O5. The van der Waals surface area contributed by atoms with Gasteiger partial charge in [-0.1, -0.05) is 60.8 Å². The molecule has 0 saturated carbocycles. The Balaban J connectivity index is 2.18. The predicted octanol–water partition coefficient (Wildman–Crippen LogP) is 3.40. The van der Waals surface area contributed by atoms with Crippen molar-refractivity contribution in [1.82, 2.24) is 4.90 Å². The fraction of sp³-hybridized carbons (Fsp3) is 0.417. The predicted molar refractivity (Wildman–Crippen MR) is 126 cm³/mol. The van der Waals surface area contributed by atoms with E-state index in [0.717, 1.165) is 0 Å². The summed E-state index contributed by atoms with van der Waals surface area (Å²) in [5.41, 5.74) is 7.16. The van der Waals surface area contributed by atoms with Gasteiger partial charge in [-0.25, -0.2) is 0 Å². The van der Waals surface area contributed by atoms with Crippen LogP contribution in [0.5, 0.6) is 0 Å². The number of nitrogens with two attached hydrogens (primary N) is 1. The SMILES string of the molecule is CCC[C@H](C(N)=O)N1C(=O)[C@H](C[C@@H](O)CO)O[C@@H](c2cccc(Cl)c2)[C@H]1c1ccc(Cl)cc1. The van der Waals surface area contributed by atoms with Crippen molar-refractivity contribution in [3.63, 3.8) is 0 Å². The van der Waals surface area contributed by atoms with Crippen molar-refractivity contribution in [2.75, 3.05) is 6.61 Å². The Morgan fingerprint density at radius 1 is 1.15 bits per heavy atom. The molecule has 3 rings (SSSR count). The number of primary amides is 1. The van der Waals surface area contributed by atoms with Gasteiger partial charge in [0.15, 0.2) is 0 Å². The molecule has 5 atom stereocenters. The van der Waals surface area contributed by atoms with Gasteiger partial charge in [-0.15, -0.1) is 0 Å². The van der Waals surface area contributed by atoms with Crippen molar-refractivity contribution in [3.05, 3.63) is 69.7 Å². The molecule has 1 saturated heterocycles. The molecule has 1 fully saturated rings. The summed E-state index contributed by atoms with van der Waals surface area (Å²) in [7, 11) is 0. The van der Waals surface area contributed by atoms with E-state index in [0.29, 0.717) is 34.0 Å². The van der Waals surface area contributed by atoms with E-state index in [4.69, 9.17) is 33.7 Å².